The van der Waals surface area contributed by atoms with Crippen molar-refractivity contribution in [3.63, 3.8) is 0 Å². The van der Waals surface area contributed by atoms with Gasteiger partial charge in [0, 0.05) is 6.54 Å². The molecule has 1 aliphatic rings. The van der Waals surface area contributed by atoms with Gasteiger partial charge in [0.2, 0.25) is 10.0 Å². The molecule has 0 amide bonds. The molecule has 0 bridgehead atoms. The molecular formula is C9H14N4O5S. The first-order chi connectivity index (χ1) is 8.98. The highest BCUT2D eigenvalue weighted by atomic mass is 32.2. The number of esters is 1. The van der Waals surface area contributed by atoms with E-state index in [9.17, 15) is 13.2 Å². The molecule has 0 radical (unpaired) electrons. The third kappa shape index (κ3) is 2.41. The first-order valence-corrected chi connectivity index (χ1v) is 6.88. The number of ether oxygens (including phenoxy) is 2. The van der Waals surface area contributed by atoms with Gasteiger partial charge >= 0.3 is 5.97 Å². The van der Waals surface area contributed by atoms with Crippen LogP contribution in [0, 0.1) is 0 Å². The van der Waals surface area contributed by atoms with Crippen LogP contribution >= 0.6 is 0 Å². The number of aromatic amines is 1. The topological polar surface area (TPSA) is 128 Å². The van der Waals surface area contributed by atoms with E-state index in [2.05, 4.69) is 14.9 Å². The van der Waals surface area contributed by atoms with E-state index in [1.54, 1.807) is 0 Å². The largest absolute Gasteiger partial charge is 0.468 e. The number of methoxy groups -OCH3 is 1. The molecule has 9 nitrogen and oxygen atoms in total. The number of carbonyl (C=O) groups excluding carboxylic acids is 1. The molecule has 0 saturated carbocycles. The van der Waals surface area contributed by atoms with Gasteiger partial charge in [0.1, 0.15) is 16.8 Å². The summed E-state index contributed by atoms with van der Waals surface area (Å²) < 4.78 is 35.6. The molecule has 0 aromatic carbocycles. The maximum atomic E-state index is 12.4. The number of nitrogens with one attached hydrogen (secondary N) is 1. The monoisotopic (exact) mass is 290 g/mol. The Hall–Kier alpha value is -1.65. The summed E-state index contributed by atoms with van der Waals surface area (Å²) in [5, 5.41) is 5.92. The number of hydrogen-bond acceptors (Lipinski definition) is 7. The molecule has 1 aromatic heterocycles. The van der Waals surface area contributed by atoms with Crippen LogP contribution in [0.5, 0.6) is 0 Å². The molecule has 1 saturated heterocycles. The summed E-state index contributed by atoms with van der Waals surface area (Å²) in [4.78, 5) is 11.5. The zero-order valence-electron chi connectivity index (χ0n) is 10.2. The summed E-state index contributed by atoms with van der Waals surface area (Å²) in [5.41, 5.74) is 5.52. The second kappa shape index (κ2) is 5.15. The number of H-pyrrole nitrogens is 1. The van der Waals surface area contributed by atoms with Crippen LogP contribution in [0.4, 0.5) is 5.82 Å². The summed E-state index contributed by atoms with van der Waals surface area (Å²) in [7, 11) is -2.73. The van der Waals surface area contributed by atoms with E-state index in [1.165, 1.54) is 7.11 Å². The van der Waals surface area contributed by atoms with Gasteiger partial charge in [-0.3, -0.25) is 9.89 Å². The van der Waals surface area contributed by atoms with Crippen LogP contribution < -0.4 is 5.73 Å². The lowest BCUT2D eigenvalue weighted by molar-refractivity contribution is -0.149. The predicted octanol–water partition coefficient (Wildman–Crippen LogP) is -1.45. The quantitative estimate of drug-likeness (QED) is 0.652. The minimum atomic E-state index is -3.92. The van der Waals surface area contributed by atoms with E-state index in [4.69, 9.17) is 10.5 Å². The fraction of sp³-hybridized carbons (Fsp3) is 0.556. The van der Waals surface area contributed by atoms with E-state index in [1.807, 2.05) is 0 Å². The van der Waals surface area contributed by atoms with E-state index in [-0.39, 0.29) is 30.5 Å². The van der Waals surface area contributed by atoms with Gasteiger partial charge in [-0.15, -0.1) is 0 Å². The molecule has 1 aromatic rings. The molecule has 1 unspecified atom stereocenters. The first-order valence-electron chi connectivity index (χ1n) is 5.44. The van der Waals surface area contributed by atoms with Gasteiger partial charge in [-0.1, -0.05) is 0 Å². The first kappa shape index (κ1) is 13.8. The van der Waals surface area contributed by atoms with E-state index < -0.39 is 22.0 Å². The van der Waals surface area contributed by atoms with Crippen molar-refractivity contribution in [3.8, 4) is 0 Å². The molecule has 0 spiro atoms. The number of hydrogen-bond donors (Lipinski definition) is 2. The highest BCUT2D eigenvalue weighted by molar-refractivity contribution is 7.89. The number of morpholine rings is 1. The highest BCUT2D eigenvalue weighted by Crippen LogP contribution is 2.23. The normalized spacial score (nSPS) is 21.2. The molecule has 1 atom stereocenters. The highest BCUT2D eigenvalue weighted by Gasteiger charge is 2.40. The van der Waals surface area contributed by atoms with Crippen molar-refractivity contribution < 1.29 is 22.7 Å². The fourth-order valence-electron chi connectivity index (χ4n) is 1.81. The van der Waals surface area contributed by atoms with Gasteiger partial charge in [0.05, 0.1) is 26.5 Å². The molecule has 106 valence electrons. The number of carbonyl (C=O) groups is 1. The third-order valence-electron chi connectivity index (χ3n) is 2.77. The smallest absolute Gasteiger partial charge is 0.326 e. The number of nitrogens with zero attached hydrogens (tertiary/aromatic N) is 2. The van der Waals surface area contributed by atoms with Crippen molar-refractivity contribution in [3.05, 3.63) is 6.20 Å². The Balaban J connectivity index is 2.37. The van der Waals surface area contributed by atoms with Crippen LogP contribution in [-0.4, -0.2) is 61.8 Å². The van der Waals surface area contributed by atoms with Gasteiger partial charge in [-0.2, -0.15) is 9.40 Å². The molecule has 0 aliphatic carbocycles. The summed E-state index contributed by atoms with van der Waals surface area (Å²) in [6.07, 6.45) is 1.11. The number of sulfonamides is 1. The van der Waals surface area contributed by atoms with Crippen molar-refractivity contribution in [2.24, 2.45) is 0 Å². The number of aromatic nitrogens is 2. The van der Waals surface area contributed by atoms with E-state index in [0.717, 1.165) is 10.5 Å². The van der Waals surface area contributed by atoms with Gasteiger partial charge in [-0.25, -0.2) is 8.42 Å². The van der Waals surface area contributed by atoms with Gasteiger partial charge < -0.3 is 15.2 Å². The lowest BCUT2D eigenvalue weighted by Gasteiger charge is -2.32. The summed E-state index contributed by atoms with van der Waals surface area (Å²) in [6, 6.07) is -1.02. The summed E-state index contributed by atoms with van der Waals surface area (Å²) >= 11 is 0. The average molecular weight is 290 g/mol. The Morgan fingerprint density at radius 3 is 3.00 bits per heavy atom. The zero-order chi connectivity index (χ0) is 14.0. The van der Waals surface area contributed by atoms with Crippen molar-refractivity contribution in [2.75, 3.05) is 32.6 Å². The molecule has 2 heterocycles. The summed E-state index contributed by atoms with van der Waals surface area (Å²) in [5.74, 6) is -0.750. The minimum absolute atomic E-state index is 0.0483. The Morgan fingerprint density at radius 1 is 1.68 bits per heavy atom. The lowest BCUT2D eigenvalue weighted by atomic mass is 10.3. The molecule has 2 rings (SSSR count). The van der Waals surface area contributed by atoms with Crippen LogP contribution in [0.3, 0.4) is 0 Å². The fourth-order valence-corrected chi connectivity index (χ4v) is 3.37. The van der Waals surface area contributed by atoms with Gasteiger partial charge in [-0.05, 0) is 0 Å². The Kier molecular flexibility index (Phi) is 3.73. The molecular weight excluding hydrogens is 276 g/mol. The lowest BCUT2D eigenvalue weighted by Crippen LogP contribution is -2.52. The molecule has 10 heteroatoms. The van der Waals surface area contributed by atoms with E-state index >= 15 is 0 Å². The summed E-state index contributed by atoms with van der Waals surface area (Å²) in [6.45, 7) is 0.195. The van der Waals surface area contributed by atoms with Crippen LogP contribution in [0.25, 0.3) is 0 Å². The predicted molar refractivity (Wildman–Crippen MR) is 63.5 cm³/mol. The van der Waals surface area contributed by atoms with Gasteiger partial charge in [0.15, 0.2) is 0 Å². The molecule has 19 heavy (non-hydrogen) atoms. The van der Waals surface area contributed by atoms with Crippen molar-refractivity contribution in [2.45, 2.75) is 10.9 Å². The minimum Gasteiger partial charge on any atom is -0.468 e. The van der Waals surface area contributed by atoms with Crippen LogP contribution in [-0.2, 0) is 24.3 Å². The van der Waals surface area contributed by atoms with Crippen LogP contribution in [0.1, 0.15) is 0 Å². The number of nitrogen functional groups attached to an aromatic ring is 1. The van der Waals surface area contributed by atoms with Crippen molar-refractivity contribution in [1.29, 1.82) is 0 Å². The number of nitrogens with two attached hydrogens (primary N) is 1. The second-order valence-electron chi connectivity index (χ2n) is 3.88. The van der Waals surface area contributed by atoms with E-state index in [0.29, 0.717) is 0 Å². The molecule has 1 aliphatic heterocycles. The second-order valence-corrected chi connectivity index (χ2v) is 5.74. The molecule has 3 N–H and O–H groups in total. The molecule has 1 fully saturated rings. The maximum Gasteiger partial charge on any atom is 0.326 e. The van der Waals surface area contributed by atoms with Crippen LogP contribution in [0.2, 0.25) is 0 Å². The number of rotatable bonds is 3. The number of anilines is 1. The van der Waals surface area contributed by atoms with Crippen molar-refractivity contribution in [1.82, 2.24) is 14.5 Å². The Bertz CT molecular complexity index is 569. The Labute approximate surface area is 109 Å². The Morgan fingerprint density at radius 2 is 2.42 bits per heavy atom. The third-order valence-corrected chi connectivity index (χ3v) is 4.71. The van der Waals surface area contributed by atoms with Crippen LogP contribution in [0.15, 0.2) is 11.1 Å². The zero-order valence-corrected chi connectivity index (χ0v) is 11.0. The van der Waals surface area contributed by atoms with Crippen molar-refractivity contribution >= 4 is 21.8 Å². The average Bonchev–Trinajstić information content (AvgIpc) is 2.85. The van der Waals surface area contributed by atoms with Gasteiger partial charge in [0.25, 0.3) is 0 Å². The SMILES string of the molecule is COC(=O)C1COCCN1S(=O)(=O)c1cn[nH]c1N. The maximum absolute atomic E-state index is 12.4. The standard InChI is InChI=1S/C9H14N4O5S/c1-17-9(14)6-5-18-3-2-13(6)19(15,16)7-4-11-12-8(7)10/h4,6H,2-3,5H2,1H3,(H3,10,11,12).